The third-order valence-corrected chi connectivity index (χ3v) is 4.71. The molecule has 2 aromatic rings. The molecule has 1 fully saturated rings. The van der Waals surface area contributed by atoms with Crippen molar-refractivity contribution in [2.45, 2.75) is 31.5 Å². The highest BCUT2D eigenvalue weighted by Gasteiger charge is 2.35. The number of alkyl halides is 3. The lowest BCUT2D eigenvalue weighted by Crippen LogP contribution is -2.40. The summed E-state index contributed by atoms with van der Waals surface area (Å²) >= 11 is 1.01. The minimum absolute atomic E-state index is 0.0817. The third-order valence-electron chi connectivity index (χ3n) is 3.70. The molecule has 0 bridgehead atoms. The van der Waals surface area contributed by atoms with Crippen molar-refractivity contribution in [2.24, 2.45) is 0 Å². The normalized spacial score (nSPS) is 19.1. The molecule has 0 saturated carbocycles. The molecule has 10 heteroatoms. The van der Waals surface area contributed by atoms with Crippen LogP contribution in [0.3, 0.4) is 0 Å². The minimum atomic E-state index is -4.42. The van der Waals surface area contributed by atoms with Crippen molar-refractivity contribution >= 4 is 17.2 Å². The van der Waals surface area contributed by atoms with Gasteiger partial charge in [0.2, 0.25) is 5.91 Å². The molecule has 1 amide bonds. The topological polar surface area (TPSA) is 63.9 Å². The van der Waals surface area contributed by atoms with Crippen LogP contribution in [0.4, 0.5) is 13.2 Å². The van der Waals surface area contributed by atoms with E-state index in [0.29, 0.717) is 18.1 Å². The second-order valence-electron chi connectivity index (χ2n) is 5.35. The molecule has 1 atom stereocenters. The van der Waals surface area contributed by atoms with Gasteiger partial charge in [-0.1, -0.05) is 5.21 Å². The van der Waals surface area contributed by atoms with E-state index >= 15 is 0 Å². The smallest absolute Gasteiger partial charge is 0.340 e. The van der Waals surface area contributed by atoms with Gasteiger partial charge in [-0.25, -0.2) is 9.67 Å². The van der Waals surface area contributed by atoms with Crippen LogP contribution in [-0.2, 0) is 17.5 Å². The number of nitrogens with zero attached hydrogens (tertiary/aromatic N) is 5. The number of hydrogen-bond donors (Lipinski definition) is 0. The molecule has 3 rings (SSSR count). The van der Waals surface area contributed by atoms with Crippen LogP contribution < -0.4 is 0 Å². The maximum absolute atomic E-state index is 12.6. The van der Waals surface area contributed by atoms with E-state index in [1.807, 2.05) is 0 Å². The van der Waals surface area contributed by atoms with Gasteiger partial charge in [0.15, 0.2) is 5.69 Å². The summed E-state index contributed by atoms with van der Waals surface area (Å²) in [6.07, 6.45) is 0.134. The maximum atomic E-state index is 12.6. The summed E-state index contributed by atoms with van der Waals surface area (Å²) in [6.45, 7) is 1.07. The molecule has 3 heterocycles. The monoisotopic (exact) mass is 345 g/mol. The number of halogens is 3. The van der Waals surface area contributed by atoms with Gasteiger partial charge < -0.3 is 4.90 Å². The van der Waals surface area contributed by atoms with Crippen molar-refractivity contribution < 1.29 is 18.0 Å². The predicted molar refractivity (Wildman–Crippen MR) is 75.7 cm³/mol. The highest BCUT2D eigenvalue weighted by molar-refractivity contribution is 7.09. The van der Waals surface area contributed by atoms with Crippen molar-refractivity contribution in [1.82, 2.24) is 24.9 Å². The average Bonchev–Trinajstić information content (AvgIpc) is 3.18. The van der Waals surface area contributed by atoms with Gasteiger partial charge in [0, 0.05) is 30.6 Å². The van der Waals surface area contributed by atoms with Crippen LogP contribution in [-0.4, -0.2) is 43.9 Å². The zero-order valence-electron chi connectivity index (χ0n) is 12.0. The molecule has 1 aliphatic rings. The van der Waals surface area contributed by atoms with Crippen molar-refractivity contribution in [3.05, 3.63) is 28.5 Å². The molecule has 6 nitrogen and oxygen atoms in total. The Hall–Kier alpha value is -1.97. The Balaban J connectivity index is 1.66. The van der Waals surface area contributed by atoms with Crippen molar-refractivity contribution in [2.75, 3.05) is 13.1 Å². The second kappa shape index (κ2) is 6.26. The van der Waals surface area contributed by atoms with E-state index in [-0.39, 0.29) is 18.4 Å². The number of aromatic nitrogens is 4. The first-order chi connectivity index (χ1) is 10.9. The van der Waals surface area contributed by atoms with Gasteiger partial charge in [-0.3, -0.25) is 4.79 Å². The first-order valence-electron chi connectivity index (χ1n) is 7.08. The number of thiazole rings is 1. The molecule has 0 N–H and O–H groups in total. The summed E-state index contributed by atoms with van der Waals surface area (Å²) in [7, 11) is 0. The number of likely N-dealkylation sites (tertiary alicyclic amines) is 1. The predicted octanol–water partition coefficient (Wildman–Crippen LogP) is 2.16. The van der Waals surface area contributed by atoms with E-state index < -0.39 is 11.9 Å². The molecule has 1 aliphatic heterocycles. The van der Waals surface area contributed by atoms with E-state index in [1.165, 1.54) is 10.9 Å². The first-order valence-corrected chi connectivity index (χ1v) is 7.96. The fourth-order valence-corrected chi connectivity index (χ4v) is 3.52. The number of carbonyl (C=O) groups excluding carboxylic acids is 1. The zero-order valence-corrected chi connectivity index (χ0v) is 12.8. The summed E-state index contributed by atoms with van der Waals surface area (Å²) in [6, 6.07) is 0. The SMILES string of the molecule is O=C(Cn1ccnn1)N1CCCC(c2nc(C(F)(F)F)cs2)C1. The lowest BCUT2D eigenvalue weighted by Gasteiger charge is -2.31. The molecule has 23 heavy (non-hydrogen) atoms. The van der Waals surface area contributed by atoms with Crippen LogP contribution >= 0.6 is 11.3 Å². The van der Waals surface area contributed by atoms with E-state index in [0.717, 1.165) is 29.6 Å². The van der Waals surface area contributed by atoms with Crippen LogP contribution in [0.25, 0.3) is 0 Å². The Bertz CT molecular complexity index is 669. The number of carbonyl (C=O) groups is 1. The van der Waals surface area contributed by atoms with Crippen LogP contribution in [0.2, 0.25) is 0 Å². The highest BCUT2D eigenvalue weighted by Crippen LogP contribution is 2.34. The quantitative estimate of drug-likeness (QED) is 0.855. The largest absolute Gasteiger partial charge is 0.434 e. The summed E-state index contributed by atoms with van der Waals surface area (Å²) in [5, 5.41) is 8.85. The summed E-state index contributed by atoms with van der Waals surface area (Å²) in [5.41, 5.74) is -0.858. The van der Waals surface area contributed by atoms with Gasteiger partial charge in [0.05, 0.1) is 11.2 Å². The third kappa shape index (κ3) is 3.69. The maximum Gasteiger partial charge on any atom is 0.434 e. The van der Waals surface area contributed by atoms with Crippen LogP contribution in [0.1, 0.15) is 29.5 Å². The molecule has 0 aromatic carbocycles. The molecule has 0 spiro atoms. The molecule has 0 aliphatic carbocycles. The Labute approximate surface area is 133 Å². The Kier molecular flexibility index (Phi) is 4.33. The number of amides is 1. The average molecular weight is 345 g/mol. The van der Waals surface area contributed by atoms with Crippen molar-refractivity contribution in [3.63, 3.8) is 0 Å². The van der Waals surface area contributed by atoms with Gasteiger partial charge >= 0.3 is 6.18 Å². The Morgan fingerprint density at radius 3 is 2.91 bits per heavy atom. The molecule has 2 aromatic heterocycles. The second-order valence-corrected chi connectivity index (χ2v) is 6.24. The minimum Gasteiger partial charge on any atom is -0.340 e. The molecule has 1 saturated heterocycles. The standard InChI is InChI=1S/C13H14F3N5OS/c14-13(15,16)10-8-23-12(18-10)9-2-1-4-20(6-9)11(22)7-21-5-3-17-19-21/h3,5,8-9H,1-2,4,6-7H2. The van der Waals surface area contributed by atoms with E-state index in [2.05, 4.69) is 15.3 Å². The van der Waals surface area contributed by atoms with E-state index in [4.69, 9.17) is 0 Å². The van der Waals surface area contributed by atoms with Gasteiger partial charge in [-0.15, -0.1) is 16.4 Å². The molecular formula is C13H14F3N5OS. The Morgan fingerprint density at radius 1 is 1.43 bits per heavy atom. The lowest BCUT2D eigenvalue weighted by molar-refractivity contribution is -0.141. The summed E-state index contributed by atoms with van der Waals surface area (Å²) in [4.78, 5) is 17.6. The highest BCUT2D eigenvalue weighted by atomic mass is 32.1. The van der Waals surface area contributed by atoms with E-state index in [9.17, 15) is 18.0 Å². The van der Waals surface area contributed by atoms with Crippen molar-refractivity contribution in [1.29, 1.82) is 0 Å². The van der Waals surface area contributed by atoms with Crippen LogP contribution in [0.5, 0.6) is 0 Å². The number of rotatable bonds is 3. The molecular weight excluding hydrogens is 331 g/mol. The fourth-order valence-electron chi connectivity index (χ4n) is 2.57. The van der Waals surface area contributed by atoms with Gasteiger partial charge in [0.25, 0.3) is 0 Å². The number of piperidine rings is 1. The summed E-state index contributed by atoms with van der Waals surface area (Å²) < 4.78 is 39.4. The molecule has 124 valence electrons. The van der Waals surface area contributed by atoms with Crippen LogP contribution in [0, 0.1) is 0 Å². The van der Waals surface area contributed by atoms with Crippen molar-refractivity contribution in [3.8, 4) is 0 Å². The van der Waals surface area contributed by atoms with Crippen LogP contribution in [0.15, 0.2) is 17.8 Å². The lowest BCUT2D eigenvalue weighted by atomic mass is 9.98. The van der Waals surface area contributed by atoms with Gasteiger partial charge in [-0.2, -0.15) is 13.2 Å². The molecule has 0 radical (unpaired) electrons. The zero-order chi connectivity index (χ0) is 16.4. The number of hydrogen-bond acceptors (Lipinski definition) is 5. The van der Waals surface area contributed by atoms with Gasteiger partial charge in [0.1, 0.15) is 6.54 Å². The van der Waals surface area contributed by atoms with Gasteiger partial charge in [-0.05, 0) is 12.8 Å². The molecule has 1 unspecified atom stereocenters. The fraction of sp³-hybridized carbons (Fsp3) is 0.538. The Morgan fingerprint density at radius 2 is 2.26 bits per heavy atom. The summed E-state index contributed by atoms with van der Waals surface area (Å²) in [5.74, 6) is -0.266. The van der Waals surface area contributed by atoms with E-state index in [1.54, 1.807) is 11.1 Å². The first kappa shape index (κ1) is 15.9.